The van der Waals surface area contributed by atoms with E-state index in [0.29, 0.717) is 30.0 Å². The van der Waals surface area contributed by atoms with Crippen molar-refractivity contribution in [3.05, 3.63) is 87.0 Å². The Labute approximate surface area is 220 Å². The van der Waals surface area contributed by atoms with Crippen molar-refractivity contribution in [3.8, 4) is 17.1 Å². The number of aliphatic hydroxyl groups is 1. The van der Waals surface area contributed by atoms with Crippen LogP contribution in [-0.4, -0.2) is 27.2 Å². The van der Waals surface area contributed by atoms with Gasteiger partial charge in [0.2, 0.25) is 0 Å². The molecule has 38 heavy (non-hydrogen) atoms. The standard InChI is InChI=1S/C30H30N3O5/c1-4-20-21-13-19(37-12-11-32-10-6-7-18(3)15-32)8-9-25(21)31-27-22(20)16-33-26(27)14-24-23(28(33)34)17-38-29(35)30(24,36)5-2/h6-10,13-15,36H,4-5,11-12,16-17H2,1-3H3/q+1/t30-/m0/s1. The van der Waals surface area contributed by atoms with E-state index >= 15 is 0 Å². The number of benzene rings is 1. The van der Waals surface area contributed by atoms with Gasteiger partial charge in [-0.15, -0.1) is 0 Å². The van der Waals surface area contributed by atoms with Crippen LogP contribution in [-0.2, 0) is 41.2 Å². The molecule has 0 saturated carbocycles. The van der Waals surface area contributed by atoms with Crippen LogP contribution in [0.15, 0.2) is 53.6 Å². The van der Waals surface area contributed by atoms with Crippen molar-refractivity contribution in [2.45, 2.75) is 58.9 Å². The van der Waals surface area contributed by atoms with E-state index in [-0.39, 0.29) is 18.6 Å². The highest BCUT2D eigenvalue weighted by Crippen LogP contribution is 2.40. The molecule has 1 N–H and O–H groups in total. The molecule has 0 unspecified atom stereocenters. The molecule has 3 aromatic heterocycles. The molecule has 0 fully saturated rings. The Bertz CT molecular complexity index is 1680. The first kappa shape index (κ1) is 24.3. The number of pyridine rings is 3. The lowest BCUT2D eigenvalue weighted by Crippen LogP contribution is -2.44. The van der Waals surface area contributed by atoms with Crippen molar-refractivity contribution in [1.82, 2.24) is 9.55 Å². The number of hydrogen-bond donors (Lipinski definition) is 1. The zero-order valence-electron chi connectivity index (χ0n) is 21.8. The summed E-state index contributed by atoms with van der Waals surface area (Å²) in [5.41, 5.74) is 4.02. The van der Waals surface area contributed by atoms with Crippen LogP contribution in [0.4, 0.5) is 0 Å². The lowest BCUT2D eigenvalue weighted by atomic mass is 9.86. The summed E-state index contributed by atoms with van der Waals surface area (Å²) < 4.78 is 15.1. The third kappa shape index (κ3) is 3.70. The van der Waals surface area contributed by atoms with Crippen molar-refractivity contribution < 1.29 is 23.9 Å². The van der Waals surface area contributed by atoms with Gasteiger partial charge in [-0.2, -0.15) is 0 Å². The largest absolute Gasteiger partial charge is 0.487 e. The first-order valence-corrected chi connectivity index (χ1v) is 13.0. The fraction of sp³-hybridized carbons (Fsp3) is 0.333. The summed E-state index contributed by atoms with van der Waals surface area (Å²) >= 11 is 0. The molecule has 0 saturated heterocycles. The molecule has 4 aromatic rings. The Morgan fingerprint density at radius 1 is 1.18 bits per heavy atom. The quantitative estimate of drug-likeness (QED) is 0.277. The maximum Gasteiger partial charge on any atom is 0.343 e. The predicted octanol–water partition coefficient (Wildman–Crippen LogP) is 3.32. The van der Waals surface area contributed by atoms with Gasteiger partial charge >= 0.3 is 5.97 Å². The van der Waals surface area contributed by atoms with Crippen molar-refractivity contribution in [3.63, 3.8) is 0 Å². The minimum Gasteiger partial charge on any atom is -0.487 e. The summed E-state index contributed by atoms with van der Waals surface area (Å²) in [5.74, 6) is 0.0538. The van der Waals surface area contributed by atoms with E-state index in [1.807, 2.05) is 30.5 Å². The number of carbonyl (C=O) groups is 1. The van der Waals surface area contributed by atoms with Crippen LogP contribution in [0.1, 0.15) is 48.1 Å². The van der Waals surface area contributed by atoms with Gasteiger partial charge < -0.3 is 19.1 Å². The first-order valence-electron chi connectivity index (χ1n) is 13.0. The first-order chi connectivity index (χ1) is 18.3. The topological polar surface area (TPSA) is 94.5 Å². The fourth-order valence-corrected chi connectivity index (χ4v) is 5.70. The Morgan fingerprint density at radius 2 is 2.03 bits per heavy atom. The normalized spacial score (nSPS) is 17.6. The summed E-state index contributed by atoms with van der Waals surface area (Å²) in [7, 11) is 0. The van der Waals surface area contributed by atoms with E-state index in [4.69, 9.17) is 14.5 Å². The van der Waals surface area contributed by atoms with Gasteiger partial charge in [0, 0.05) is 28.1 Å². The minimum atomic E-state index is -1.83. The number of fused-ring (bicyclic) bond motifs is 5. The Balaban J connectivity index is 1.39. The minimum absolute atomic E-state index is 0.116. The number of nitrogens with zero attached hydrogens (tertiary/aromatic N) is 3. The van der Waals surface area contributed by atoms with E-state index < -0.39 is 11.6 Å². The fourth-order valence-electron chi connectivity index (χ4n) is 5.70. The van der Waals surface area contributed by atoms with Gasteiger partial charge in [-0.1, -0.05) is 13.8 Å². The molecule has 6 rings (SSSR count). The molecule has 8 heteroatoms. The second kappa shape index (κ2) is 9.06. The Kier molecular flexibility index (Phi) is 5.79. The lowest BCUT2D eigenvalue weighted by Gasteiger charge is -2.31. The van der Waals surface area contributed by atoms with Gasteiger partial charge in [-0.05, 0) is 55.7 Å². The molecule has 5 heterocycles. The highest BCUT2D eigenvalue weighted by Gasteiger charge is 2.45. The molecule has 8 nitrogen and oxygen atoms in total. The van der Waals surface area contributed by atoms with Gasteiger partial charge in [-0.25, -0.2) is 14.3 Å². The summed E-state index contributed by atoms with van der Waals surface area (Å²) in [5, 5.41) is 12.1. The summed E-state index contributed by atoms with van der Waals surface area (Å²) in [6.07, 6.45) is 4.99. The van der Waals surface area contributed by atoms with E-state index in [1.54, 1.807) is 17.6 Å². The number of esters is 1. The smallest absolute Gasteiger partial charge is 0.343 e. The number of aromatic nitrogens is 3. The number of hydrogen-bond acceptors (Lipinski definition) is 6. The number of rotatable bonds is 6. The number of aryl methyl sites for hydroxylation is 2. The van der Waals surface area contributed by atoms with Crippen LogP contribution in [0.2, 0.25) is 0 Å². The number of carbonyl (C=O) groups excluding carboxylic acids is 1. The molecule has 2 aliphatic rings. The summed E-state index contributed by atoms with van der Waals surface area (Å²) in [6.45, 7) is 7.39. The number of cyclic esters (lactones) is 1. The van der Waals surface area contributed by atoms with Crippen LogP contribution in [0, 0.1) is 6.92 Å². The third-order valence-corrected chi connectivity index (χ3v) is 7.76. The molecule has 0 aliphatic carbocycles. The van der Waals surface area contributed by atoms with Crippen LogP contribution in [0.25, 0.3) is 22.3 Å². The maximum atomic E-state index is 13.5. The zero-order chi connectivity index (χ0) is 26.6. The highest BCUT2D eigenvalue weighted by atomic mass is 16.6. The lowest BCUT2D eigenvalue weighted by molar-refractivity contribution is -0.697. The average molecular weight is 513 g/mol. The van der Waals surface area contributed by atoms with E-state index in [1.165, 1.54) is 5.56 Å². The zero-order valence-corrected chi connectivity index (χ0v) is 21.8. The van der Waals surface area contributed by atoms with Gasteiger partial charge in [0.1, 0.15) is 19.0 Å². The van der Waals surface area contributed by atoms with Crippen LogP contribution in [0.5, 0.6) is 5.75 Å². The van der Waals surface area contributed by atoms with Gasteiger partial charge in [0.15, 0.2) is 24.5 Å². The molecule has 1 aromatic carbocycles. The molecule has 1 atom stereocenters. The second-order valence-electron chi connectivity index (χ2n) is 10.0. The molecule has 0 bridgehead atoms. The molecule has 194 valence electrons. The molecule has 0 amide bonds. The molecule has 2 aliphatic heterocycles. The molecular weight excluding hydrogens is 482 g/mol. The highest BCUT2D eigenvalue weighted by molar-refractivity contribution is 5.90. The SMILES string of the molecule is CCc1c2c(nc3ccc(OCC[n+]4cccc(C)c4)cc13)-c1cc3c(c(=O)n1C2)COC(=O)[C@]3(O)CC. The molecular formula is C30H30N3O5+. The van der Waals surface area contributed by atoms with Crippen molar-refractivity contribution in [1.29, 1.82) is 0 Å². The van der Waals surface area contributed by atoms with Gasteiger partial charge in [0.25, 0.3) is 5.56 Å². The molecule has 0 spiro atoms. The second-order valence-corrected chi connectivity index (χ2v) is 10.0. The van der Waals surface area contributed by atoms with Gasteiger partial charge in [-0.3, -0.25) is 4.79 Å². The predicted molar refractivity (Wildman–Crippen MR) is 141 cm³/mol. The average Bonchev–Trinajstić information content (AvgIpc) is 3.28. The van der Waals surface area contributed by atoms with E-state index in [2.05, 4.69) is 30.7 Å². The number of ether oxygens (including phenoxy) is 2. The van der Waals surface area contributed by atoms with Gasteiger partial charge in [0.05, 0.1) is 29.0 Å². The van der Waals surface area contributed by atoms with Crippen LogP contribution < -0.4 is 14.9 Å². The van der Waals surface area contributed by atoms with Crippen LogP contribution >= 0.6 is 0 Å². The van der Waals surface area contributed by atoms with Crippen molar-refractivity contribution in [2.75, 3.05) is 6.61 Å². The van der Waals surface area contributed by atoms with Crippen molar-refractivity contribution in [2.24, 2.45) is 0 Å². The molecule has 0 radical (unpaired) electrons. The monoisotopic (exact) mass is 512 g/mol. The van der Waals surface area contributed by atoms with Crippen LogP contribution in [0.3, 0.4) is 0 Å². The Morgan fingerprint density at radius 3 is 2.79 bits per heavy atom. The van der Waals surface area contributed by atoms with Crippen molar-refractivity contribution >= 4 is 16.9 Å². The van der Waals surface area contributed by atoms with E-state index in [0.717, 1.165) is 46.4 Å². The third-order valence-electron chi connectivity index (χ3n) is 7.76. The Hall–Kier alpha value is -4.04. The summed E-state index contributed by atoms with van der Waals surface area (Å²) in [4.78, 5) is 30.9. The summed E-state index contributed by atoms with van der Waals surface area (Å²) in [6, 6.07) is 11.7. The maximum absolute atomic E-state index is 13.5. The van der Waals surface area contributed by atoms with E-state index in [9.17, 15) is 14.7 Å².